The molecule has 0 aliphatic heterocycles. The van der Waals surface area contributed by atoms with E-state index >= 15 is 0 Å². The lowest BCUT2D eigenvalue weighted by atomic mass is 10.1. The molecular formula is C14H20N2O4. The molecule has 1 rings (SSSR count). The normalized spacial score (nSPS) is 12.2. The van der Waals surface area contributed by atoms with Crippen LogP contribution in [0.5, 0.6) is 0 Å². The third-order valence-electron chi connectivity index (χ3n) is 3.02. The fraction of sp³-hybridized carbons (Fsp3) is 0.500. The lowest BCUT2D eigenvalue weighted by molar-refractivity contribution is 0.0694. The van der Waals surface area contributed by atoms with Gasteiger partial charge in [-0.1, -0.05) is 13.8 Å². The summed E-state index contributed by atoms with van der Waals surface area (Å²) in [5.74, 6) is -1.17. The van der Waals surface area contributed by atoms with Gasteiger partial charge in [0.2, 0.25) is 0 Å². The van der Waals surface area contributed by atoms with E-state index in [4.69, 9.17) is 9.84 Å². The van der Waals surface area contributed by atoms with Crippen molar-refractivity contribution in [3.05, 3.63) is 29.1 Å². The quantitative estimate of drug-likeness (QED) is 0.824. The number of ether oxygens (including phenoxy) is 1. The maximum absolute atomic E-state index is 12.1. The Morgan fingerprint density at radius 1 is 1.40 bits per heavy atom. The fourth-order valence-corrected chi connectivity index (χ4v) is 1.74. The van der Waals surface area contributed by atoms with Crippen LogP contribution in [0, 0.1) is 12.8 Å². The molecule has 0 bridgehead atoms. The summed E-state index contributed by atoms with van der Waals surface area (Å²) in [5, 5.41) is 11.8. The molecule has 1 amide bonds. The van der Waals surface area contributed by atoms with Gasteiger partial charge in [0, 0.05) is 7.11 Å². The maximum Gasteiger partial charge on any atom is 0.337 e. The molecule has 110 valence electrons. The number of nitrogens with one attached hydrogen (secondary N) is 1. The van der Waals surface area contributed by atoms with Crippen molar-refractivity contribution in [2.75, 3.05) is 13.7 Å². The first-order chi connectivity index (χ1) is 9.36. The zero-order valence-electron chi connectivity index (χ0n) is 12.1. The summed E-state index contributed by atoms with van der Waals surface area (Å²) in [6.07, 6.45) is 0. The van der Waals surface area contributed by atoms with Crippen molar-refractivity contribution in [1.29, 1.82) is 0 Å². The van der Waals surface area contributed by atoms with Crippen LogP contribution in [0.4, 0.5) is 0 Å². The molecule has 6 nitrogen and oxygen atoms in total. The van der Waals surface area contributed by atoms with Gasteiger partial charge < -0.3 is 15.2 Å². The molecule has 0 fully saturated rings. The number of aromatic carboxylic acids is 1. The summed E-state index contributed by atoms with van der Waals surface area (Å²) in [4.78, 5) is 27.0. The van der Waals surface area contributed by atoms with Gasteiger partial charge in [0.1, 0.15) is 5.69 Å². The Balaban J connectivity index is 2.87. The average molecular weight is 280 g/mol. The standard InChI is InChI=1S/C14H20N2O4/c1-8(2)12(7-20-4)16-13(17)11-6-5-10(14(18)19)9(3)15-11/h5-6,8,12H,7H2,1-4H3,(H,16,17)(H,18,19). The molecule has 0 radical (unpaired) electrons. The Bertz CT molecular complexity index is 500. The summed E-state index contributed by atoms with van der Waals surface area (Å²) in [6.45, 7) is 5.94. The van der Waals surface area contributed by atoms with Crippen molar-refractivity contribution in [2.24, 2.45) is 5.92 Å². The third-order valence-corrected chi connectivity index (χ3v) is 3.02. The number of hydrogen-bond donors (Lipinski definition) is 2. The van der Waals surface area contributed by atoms with Crippen molar-refractivity contribution in [3.8, 4) is 0 Å². The molecule has 1 atom stereocenters. The third kappa shape index (κ3) is 4.03. The molecule has 0 aromatic carbocycles. The highest BCUT2D eigenvalue weighted by Gasteiger charge is 2.19. The Morgan fingerprint density at radius 2 is 2.05 bits per heavy atom. The fourth-order valence-electron chi connectivity index (χ4n) is 1.74. The smallest absolute Gasteiger partial charge is 0.337 e. The highest BCUT2D eigenvalue weighted by atomic mass is 16.5. The van der Waals surface area contributed by atoms with E-state index < -0.39 is 5.97 Å². The first kappa shape index (κ1) is 16.1. The first-order valence-electron chi connectivity index (χ1n) is 6.37. The van der Waals surface area contributed by atoms with Crippen LogP contribution in [0.15, 0.2) is 12.1 Å². The van der Waals surface area contributed by atoms with E-state index in [1.54, 1.807) is 14.0 Å². The Labute approximate surface area is 118 Å². The number of carbonyl (C=O) groups is 2. The summed E-state index contributed by atoms with van der Waals surface area (Å²) < 4.78 is 5.06. The predicted octanol–water partition coefficient (Wildman–Crippen LogP) is 1.49. The number of hydrogen-bond acceptors (Lipinski definition) is 4. The number of carbonyl (C=O) groups excluding carboxylic acids is 1. The minimum atomic E-state index is -1.05. The molecular weight excluding hydrogens is 260 g/mol. The molecule has 0 aliphatic rings. The van der Waals surface area contributed by atoms with Crippen LogP contribution >= 0.6 is 0 Å². The molecule has 20 heavy (non-hydrogen) atoms. The molecule has 1 aromatic heterocycles. The lowest BCUT2D eigenvalue weighted by Gasteiger charge is -2.21. The van der Waals surface area contributed by atoms with E-state index in [1.807, 2.05) is 13.8 Å². The van der Waals surface area contributed by atoms with Crippen molar-refractivity contribution in [2.45, 2.75) is 26.8 Å². The van der Waals surface area contributed by atoms with Gasteiger partial charge >= 0.3 is 5.97 Å². The van der Waals surface area contributed by atoms with Gasteiger partial charge in [-0.3, -0.25) is 4.79 Å². The number of carboxylic acids is 1. The van der Waals surface area contributed by atoms with Gasteiger partial charge in [-0.05, 0) is 25.0 Å². The van der Waals surface area contributed by atoms with Gasteiger partial charge in [-0.25, -0.2) is 9.78 Å². The largest absolute Gasteiger partial charge is 0.478 e. The zero-order chi connectivity index (χ0) is 15.3. The molecule has 2 N–H and O–H groups in total. The van der Waals surface area contributed by atoms with Crippen molar-refractivity contribution in [1.82, 2.24) is 10.3 Å². The Hall–Kier alpha value is -1.95. The van der Waals surface area contributed by atoms with Crippen LogP contribution in [0.25, 0.3) is 0 Å². The number of aromatic nitrogens is 1. The van der Waals surface area contributed by atoms with Gasteiger partial charge in [0.05, 0.1) is 23.9 Å². The molecule has 1 heterocycles. The van der Waals surface area contributed by atoms with Crippen LogP contribution in [0.1, 0.15) is 40.4 Å². The molecule has 1 aromatic rings. The number of nitrogens with zero attached hydrogens (tertiary/aromatic N) is 1. The van der Waals surface area contributed by atoms with E-state index in [0.29, 0.717) is 12.3 Å². The van der Waals surface area contributed by atoms with Crippen LogP contribution in [0.2, 0.25) is 0 Å². The number of carboxylic acid groups (broad SMARTS) is 1. The molecule has 1 unspecified atom stereocenters. The summed E-state index contributed by atoms with van der Waals surface area (Å²) in [5.41, 5.74) is 0.617. The number of pyridine rings is 1. The minimum Gasteiger partial charge on any atom is -0.478 e. The van der Waals surface area contributed by atoms with Crippen LogP contribution in [-0.4, -0.2) is 41.7 Å². The van der Waals surface area contributed by atoms with Crippen LogP contribution in [0.3, 0.4) is 0 Å². The molecule has 0 spiro atoms. The number of aryl methyl sites for hydroxylation is 1. The second kappa shape index (κ2) is 7.00. The summed E-state index contributed by atoms with van der Waals surface area (Å²) >= 11 is 0. The van der Waals surface area contributed by atoms with E-state index in [2.05, 4.69) is 10.3 Å². The van der Waals surface area contributed by atoms with E-state index in [1.165, 1.54) is 12.1 Å². The highest BCUT2D eigenvalue weighted by molar-refractivity contribution is 5.94. The average Bonchev–Trinajstić information content (AvgIpc) is 2.37. The second-order valence-electron chi connectivity index (χ2n) is 4.91. The van der Waals surface area contributed by atoms with Crippen LogP contribution in [-0.2, 0) is 4.74 Å². The van der Waals surface area contributed by atoms with Gasteiger partial charge in [0.25, 0.3) is 5.91 Å². The summed E-state index contributed by atoms with van der Waals surface area (Å²) in [7, 11) is 1.57. The minimum absolute atomic E-state index is 0.0962. The topological polar surface area (TPSA) is 88.5 Å². The van der Waals surface area contributed by atoms with E-state index in [-0.39, 0.29) is 29.1 Å². The predicted molar refractivity (Wildman–Crippen MR) is 73.9 cm³/mol. The number of amides is 1. The first-order valence-corrected chi connectivity index (χ1v) is 6.37. The Morgan fingerprint density at radius 3 is 2.50 bits per heavy atom. The highest BCUT2D eigenvalue weighted by Crippen LogP contribution is 2.08. The molecule has 0 saturated carbocycles. The van der Waals surface area contributed by atoms with Crippen molar-refractivity contribution < 1.29 is 19.4 Å². The zero-order valence-corrected chi connectivity index (χ0v) is 12.1. The number of rotatable bonds is 6. The van der Waals surface area contributed by atoms with Crippen molar-refractivity contribution >= 4 is 11.9 Å². The second-order valence-corrected chi connectivity index (χ2v) is 4.91. The van der Waals surface area contributed by atoms with Crippen molar-refractivity contribution in [3.63, 3.8) is 0 Å². The SMILES string of the molecule is COCC(NC(=O)c1ccc(C(=O)O)c(C)n1)C(C)C. The summed E-state index contributed by atoms with van der Waals surface area (Å²) in [6, 6.07) is 2.68. The maximum atomic E-state index is 12.1. The van der Waals surface area contributed by atoms with E-state index in [0.717, 1.165) is 0 Å². The molecule has 6 heteroatoms. The van der Waals surface area contributed by atoms with Gasteiger partial charge in [-0.2, -0.15) is 0 Å². The van der Waals surface area contributed by atoms with Crippen LogP contribution < -0.4 is 5.32 Å². The monoisotopic (exact) mass is 280 g/mol. The lowest BCUT2D eigenvalue weighted by Crippen LogP contribution is -2.42. The van der Waals surface area contributed by atoms with E-state index in [9.17, 15) is 9.59 Å². The van der Waals surface area contributed by atoms with Gasteiger partial charge in [-0.15, -0.1) is 0 Å². The Kier molecular flexibility index (Phi) is 5.64. The molecule has 0 aliphatic carbocycles. The molecule has 0 saturated heterocycles. The number of methoxy groups -OCH3 is 1. The van der Waals surface area contributed by atoms with Gasteiger partial charge in [0.15, 0.2) is 0 Å².